The van der Waals surface area contributed by atoms with Gasteiger partial charge < -0.3 is 10.4 Å². The van der Waals surface area contributed by atoms with Crippen molar-refractivity contribution in [3.63, 3.8) is 0 Å². The number of hydrogen-bond acceptors (Lipinski definition) is 5. The Hall–Kier alpha value is -2.32. The Morgan fingerprint density at radius 1 is 1.29 bits per heavy atom. The van der Waals surface area contributed by atoms with Crippen LogP contribution < -0.4 is 15.6 Å². The minimum atomic E-state index is -0.399. The highest BCUT2D eigenvalue weighted by molar-refractivity contribution is 9.10. The molecular weight excluding hydrogens is 440 g/mol. The number of fused-ring (bicyclic) bond motifs is 3. The number of aromatic amines is 1. The summed E-state index contributed by atoms with van der Waals surface area (Å²) in [6.07, 6.45) is 1.74. The molecule has 1 aliphatic heterocycles. The summed E-state index contributed by atoms with van der Waals surface area (Å²) in [7, 11) is 0. The molecule has 3 aromatic rings. The summed E-state index contributed by atoms with van der Waals surface area (Å²) < 4.78 is 2.60. The third-order valence-electron chi connectivity index (χ3n) is 4.56. The second-order valence-corrected chi connectivity index (χ2v) is 8.59. The summed E-state index contributed by atoms with van der Waals surface area (Å²) in [6, 6.07) is 12.8. The van der Waals surface area contributed by atoms with Crippen LogP contribution >= 0.6 is 27.7 Å². The number of thioether (sulfide) groups is 1. The first-order chi connectivity index (χ1) is 13.6. The molecule has 0 radical (unpaired) electrons. The average Bonchev–Trinajstić information content (AvgIpc) is 2.67. The van der Waals surface area contributed by atoms with Crippen molar-refractivity contribution in [2.75, 3.05) is 11.1 Å². The second-order valence-electron chi connectivity index (χ2n) is 6.59. The van der Waals surface area contributed by atoms with E-state index in [0.29, 0.717) is 10.9 Å². The molecule has 2 heterocycles. The van der Waals surface area contributed by atoms with Gasteiger partial charge in [-0.3, -0.25) is 9.78 Å². The number of rotatable bonds is 5. The smallest absolute Gasteiger partial charge is 0.325 e. The third-order valence-corrected chi connectivity index (χ3v) is 6.00. The van der Waals surface area contributed by atoms with E-state index in [9.17, 15) is 9.90 Å². The van der Waals surface area contributed by atoms with Crippen LogP contribution in [0.2, 0.25) is 0 Å². The van der Waals surface area contributed by atoms with Crippen molar-refractivity contribution in [3.8, 4) is 17.0 Å². The molecule has 6 nitrogen and oxygen atoms in total. The number of phenolic OH excluding ortho intramolecular Hbond substituents is 1. The van der Waals surface area contributed by atoms with Gasteiger partial charge in [-0.25, -0.2) is 0 Å². The van der Waals surface area contributed by atoms with Gasteiger partial charge in [0.1, 0.15) is 5.75 Å². The Morgan fingerprint density at radius 2 is 2.14 bits per heavy atom. The number of unbranched alkanes of at least 4 members (excludes halogenated alkanes) is 1. The molecule has 0 aliphatic carbocycles. The first kappa shape index (κ1) is 19.0. The van der Waals surface area contributed by atoms with Crippen LogP contribution in [0.3, 0.4) is 0 Å². The van der Waals surface area contributed by atoms with Gasteiger partial charge in [0.25, 0.3) is 6.17 Å². The van der Waals surface area contributed by atoms with E-state index >= 15 is 0 Å². The number of H-pyrrole nitrogens is 1. The van der Waals surface area contributed by atoms with E-state index in [4.69, 9.17) is 5.10 Å². The van der Waals surface area contributed by atoms with Crippen LogP contribution in [0.1, 0.15) is 31.5 Å². The van der Waals surface area contributed by atoms with E-state index in [0.717, 1.165) is 39.9 Å². The first-order valence-corrected chi connectivity index (χ1v) is 10.9. The van der Waals surface area contributed by atoms with Gasteiger partial charge >= 0.3 is 11.3 Å². The van der Waals surface area contributed by atoms with E-state index in [1.54, 1.807) is 34.6 Å². The Balaban J connectivity index is 1.88. The molecule has 144 valence electrons. The van der Waals surface area contributed by atoms with Gasteiger partial charge in [-0.15, -0.1) is 0 Å². The van der Waals surface area contributed by atoms with Crippen LogP contribution in [0.5, 0.6) is 5.75 Å². The molecular formula is C20H20BrN4O2S+. The zero-order chi connectivity index (χ0) is 19.7. The number of anilines is 1. The number of nitrogens with zero attached hydrogens (tertiary/aromatic N) is 2. The molecule has 1 atom stereocenters. The normalized spacial score (nSPS) is 14.9. The fourth-order valence-electron chi connectivity index (χ4n) is 3.21. The molecule has 3 N–H and O–H groups in total. The largest absolute Gasteiger partial charge is 0.508 e. The number of nitrogens with one attached hydrogen (secondary N) is 2. The van der Waals surface area contributed by atoms with Crippen molar-refractivity contribution < 1.29 is 9.79 Å². The lowest BCUT2D eigenvalue weighted by molar-refractivity contribution is -0.759. The molecule has 0 saturated heterocycles. The van der Waals surface area contributed by atoms with Crippen LogP contribution in [-0.2, 0) is 0 Å². The van der Waals surface area contributed by atoms with Crippen molar-refractivity contribution in [2.45, 2.75) is 31.1 Å². The average molecular weight is 460 g/mol. The molecule has 28 heavy (non-hydrogen) atoms. The molecule has 0 unspecified atom stereocenters. The number of aromatic nitrogens is 3. The number of aromatic hydroxyl groups is 1. The quantitative estimate of drug-likeness (QED) is 0.304. The van der Waals surface area contributed by atoms with Crippen molar-refractivity contribution >= 4 is 33.4 Å². The second kappa shape index (κ2) is 7.97. The summed E-state index contributed by atoms with van der Waals surface area (Å²) in [5.41, 5.74) is 2.76. The predicted octanol–water partition coefficient (Wildman–Crippen LogP) is 4.06. The number of phenols is 1. The molecule has 0 amide bonds. The van der Waals surface area contributed by atoms with E-state index in [1.807, 2.05) is 24.3 Å². The molecule has 0 fully saturated rings. The summed E-state index contributed by atoms with van der Waals surface area (Å²) >= 11 is 5.03. The van der Waals surface area contributed by atoms with Crippen LogP contribution in [0.4, 0.5) is 5.69 Å². The van der Waals surface area contributed by atoms with E-state index in [-0.39, 0.29) is 11.3 Å². The van der Waals surface area contributed by atoms with Gasteiger partial charge in [-0.1, -0.05) is 47.1 Å². The monoisotopic (exact) mass is 459 g/mol. The highest BCUT2D eigenvalue weighted by Gasteiger charge is 2.38. The lowest BCUT2D eigenvalue weighted by atomic mass is 10.0. The van der Waals surface area contributed by atoms with Crippen LogP contribution in [0, 0.1) is 0 Å². The van der Waals surface area contributed by atoms with Crippen molar-refractivity contribution in [3.05, 3.63) is 62.9 Å². The predicted molar refractivity (Wildman–Crippen MR) is 114 cm³/mol. The molecule has 0 spiro atoms. The number of benzene rings is 2. The lowest BCUT2D eigenvalue weighted by Gasteiger charge is -2.22. The fraction of sp³-hybridized carbons (Fsp3) is 0.250. The number of hydrogen-bond donors (Lipinski definition) is 3. The van der Waals surface area contributed by atoms with E-state index in [2.05, 4.69) is 33.2 Å². The Labute approximate surface area is 175 Å². The molecule has 1 aliphatic rings. The topological polar surface area (TPSA) is 81.9 Å². The van der Waals surface area contributed by atoms with E-state index < -0.39 is 6.17 Å². The maximum Gasteiger partial charge on any atom is 0.325 e. The minimum absolute atomic E-state index is 0.172. The molecule has 0 bridgehead atoms. The van der Waals surface area contributed by atoms with Crippen molar-refractivity contribution in [2.24, 2.45) is 0 Å². The van der Waals surface area contributed by atoms with Crippen molar-refractivity contribution in [1.82, 2.24) is 10.1 Å². The lowest BCUT2D eigenvalue weighted by Crippen LogP contribution is -2.55. The SMILES string of the molecule is CCCCSc1n[n+]2c(c(=O)[nH]1)-c1cc(Br)ccc1N[C@@H]2c1cccc(O)c1. The Morgan fingerprint density at radius 3 is 2.93 bits per heavy atom. The third kappa shape index (κ3) is 3.66. The van der Waals surface area contributed by atoms with Gasteiger partial charge in [0.05, 0.1) is 11.3 Å². The minimum Gasteiger partial charge on any atom is -0.508 e. The van der Waals surface area contributed by atoms with Crippen LogP contribution in [-0.4, -0.2) is 20.9 Å². The summed E-state index contributed by atoms with van der Waals surface area (Å²) in [4.78, 5) is 15.9. The van der Waals surface area contributed by atoms with Gasteiger partial charge in [0, 0.05) is 20.9 Å². The van der Waals surface area contributed by atoms with Crippen LogP contribution in [0.15, 0.2) is 56.9 Å². The highest BCUT2D eigenvalue weighted by Crippen LogP contribution is 2.34. The zero-order valence-electron chi connectivity index (χ0n) is 15.3. The molecule has 4 rings (SSSR count). The zero-order valence-corrected chi connectivity index (χ0v) is 17.7. The molecule has 2 aromatic carbocycles. The van der Waals surface area contributed by atoms with Gasteiger partial charge in [-0.05, 0) is 47.5 Å². The maximum atomic E-state index is 13.0. The molecule has 0 saturated carbocycles. The van der Waals surface area contributed by atoms with Gasteiger partial charge in [0.15, 0.2) is 0 Å². The summed E-state index contributed by atoms with van der Waals surface area (Å²) in [5, 5.41) is 18.7. The van der Waals surface area contributed by atoms with Gasteiger partial charge in [-0.2, -0.15) is 0 Å². The van der Waals surface area contributed by atoms with Gasteiger partial charge in [0.2, 0.25) is 5.16 Å². The Bertz CT molecular complexity index is 1090. The summed E-state index contributed by atoms with van der Waals surface area (Å²) in [6.45, 7) is 2.13. The first-order valence-electron chi connectivity index (χ1n) is 9.11. The highest BCUT2D eigenvalue weighted by atomic mass is 79.9. The number of halogens is 1. The van der Waals surface area contributed by atoms with E-state index in [1.165, 1.54) is 0 Å². The van der Waals surface area contributed by atoms with Crippen molar-refractivity contribution in [1.29, 1.82) is 0 Å². The fourth-order valence-corrected chi connectivity index (χ4v) is 4.51. The maximum absolute atomic E-state index is 13.0. The summed E-state index contributed by atoms with van der Waals surface area (Å²) in [5.74, 6) is 1.07. The standard InChI is InChI=1S/C20H19BrN4O2S/c1-2-3-9-28-20-23-19(27)17-15-11-13(21)7-8-16(15)22-18(25(17)24-20)12-5-4-6-14(26)10-12/h4-8,10-11,18H,2-3,9H2,1H3,(H2,23,24,26,27)/p+1/t18-/m0/s1. The van der Waals surface area contributed by atoms with Crippen LogP contribution in [0.25, 0.3) is 11.3 Å². The Kier molecular flexibility index (Phi) is 5.41. The molecule has 8 heteroatoms. The molecule has 1 aromatic heterocycles.